The predicted molar refractivity (Wildman–Crippen MR) is 117 cm³/mol. The van der Waals surface area contributed by atoms with Gasteiger partial charge in [-0.25, -0.2) is 15.5 Å². The molecule has 1 N–H and O–H groups in total. The molecule has 0 saturated carbocycles. The largest absolute Gasteiger partial charge is 0.479 e. The molecule has 0 unspecified atom stereocenters. The molecule has 0 aliphatic carbocycles. The molecule has 1 aromatic heterocycles. The van der Waals surface area contributed by atoms with E-state index in [0.29, 0.717) is 17.5 Å². The van der Waals surface area contributed by atoms with Crippen LogP contribution in [0, 0.1) is 27.7 Å². The molecule has 7 nitrogen and oxygen atoms in total. The lowest BCUT2D eigenvalue weighted by Crippen LogP contribution is -2.52. The number of ether oxygens (including phenoxy) is 1. The standard InChI is InChI=1S/C22H31N5O2/c1-15-11-16(2)13-19(12-15)26-7-9-27(10-8-26)22(25-29-6)24-20-14-17(3)18(4)23-21(20)28-5/h11-14H,7-10H2,1-6H3,(H,24,25). The first-order valence-electron chi connectivity index (χ1n) is 9.89. The Labute approximate surface area is 173 Å². The Hall–Kier alpha value is -2.80. The molecule has 0 radical (unpaired) electrons. The molecule has 2 heterocycles. The van der Waals surface area contributed by atoms with E-state index in [-0.39, 0.29) is 0 Å². The van der Waals surface area contributed by atoms with E-state index in [4.69, 9.17) is 14.6 Å². The molecule has 1 aliphatic rings. The first-order chi connectivity index (χ1) is 13.9. The average molecular weight is 398 g/mol. The van der Waals surface area contributed by atoms with Gasteiger partial charge in [-0.3, -0.25) is 4.84 Å². The van der Waals surface area contributed by atoms with Crippen LogP contribution in [0.4, 0.5) is 11.4 Å². The second kappa shape index (κ2) is 9.13. The van der Waals surface area contributed by atoms with Gasteiger partial charge < -0.3 is 14.5 Å². The van der Waals surface area contributed by atoms with Crippen molar-refractivity contribution in [3.05, 3.63) is 46.6 Å². The van der Waals surface area contributed by atoms with Crippen molar-refractivity contribution in [1.82, 2.24) is 15.4 Å². The molecule has 1 fully saturated rings. The van der Waals surface area contributed by atoms with Crippen LogP contribution in [-0.4, -0.2) is 56.2 Å². The van der Waals surface area contributed by atoms with E-state index in [1.54, 1.807) is 14.2 Å². The van der Waals surface area contributed by atoms with Crippen LogP contribution in [0.25, 0.3) is 0 Å². The van der Waals surface area contributed by atoms with Gasteiger partial charge in [0.25, 0.3) is 0 Å². The smallest absolute Gasteiger partial charge is 0.240 e. The third kappa shape index (κ3) is 4.98. The minimum Gasteiger partial charge on any atom is -0.479 e. The first kappa shape index (κ1) is 20.9. The fourth-order valence-electron chi connectivity index (χ4n) is 3.57. The summed E-state index contributed by atoms with van der Waals surface area (Å²) in [6.07, 6.45) is 0. The van der Waals surface area contributed by atoms with E-state index in [1.807, 2.05) is 19.9 Å². The molecule has 1 saturated heterocycles. The second-order valence-corrected chi connectivity index (χ2v) is 7.48. The van der Waals surface area contributed by atoms with Crippen molar-refractivity contribution in [2.75, 3.05) is 45.3 Å². The van der Waals surface area contributed by atoms with Crippen molar-refractivity contribution in [2.24, 2.45) is 4.99 Å². The summed E-state index contributed by atoms with van der Waals surface area (Å²) in [5, 5.41) is 0. The van der Waals surface area contributed by atoms with Crippen LogP contribution < -0.4 is 15.1 Å². The molecule has 0 amide bonds. The molecule has 2 aromatic rings. The number of benzene rings is 1. The number of pyridine rings is 1. The van der Waals surface area contributed by atoms with Crippen molar-refractivity contribution in [1.29, 1.82) is 0 Å². The lowest BCUT2D eigenvalue weighted by Gasteiger charge is -2.37. The average Bonchev–Trinajstić information content (AvgIpc) is 2.69. The summed E-state index contributed by atoms with van der Waals surface area (Å²) in [6, 6.07) is 8.69. The van der Waals surface area contributed by atoms with Gasteiger partial charge in [-0.2, -0.15) is 0 Å². The van der Waals surface area contributed by atoms with E-state index in [9.17, 15) is 0 Å². The number of aromatic nitrogens is 1. The summed E-state index contributed by atoms with van der Waals surface area (Å²) in [6.45, 7) is 11.8. The number of hydroxylamine groups is 1. The number of methoxy groups -OCH3 is 1. The third-order valence-electron chi connectivity index (χ3n) is 5.18. The zero-order chi connectivity index (χ0) is 21.0. The van der Waals surface area contributed by atoms with Crippen LogP contribution in [0.3, 0.4) is 0 Å². The molecule has 29 heavy (non-hydrogen) atoms. The zero-order valence-electron chi connectivity index (χ0n) is 18.2. The molecule has 0 atom stereocenters. The summed E-state index contributed by atoms with van der Waals surface area (Å²) in [5.74, 6) is 1.17. The molecule has 156 valence electrons. The van der Waals surface area contributed by atoms with Crippen molar-refractivity contribution in [3.63, 3.8) is 0 Å². The Kier molecular flexibility index (Phi) is 6.59. The van der Waals surface area contributed by atoms with Gasteiger partial charge in [0.1, 0.15) is 5.69 Å². The number of hydrogen-bond donors (Lipinski definition) is 1. The molecular formula is C22H31N5O2. The number of aryl methyl sites for hydroxylation is 4. The van der Waals surface area contributed by atoms with Crippen molar-refractivity contribution in [2.45, 2.75) is 27.7 Å². The summed E-state index contributed by atoms with van der Waals surface area (Å²) in [5.41, 5.74) is 9.49. The maximum absolute atomic E-state index is 5.43. The van der Waals surface area contributed by atoms with Gasteiger partial charge in [-0.1, -0.05) is 6.07 Å². The number of nitrogens with zero attached hydrogens (tertiary/aromatic N) is 4. The number of piperazine rings is 1. The Balaban J connectivity index is 1.79. The van der Waals surface area contributed by atoms with Gasteiger partial charge in [0.05, 0.1) is 14.2 Å². The summed E-state index contributed by atoms with van der Waals surface area (Å²) in [7, 11) is 3.21. The van der Waals surface area contributed by atoms with E-state index in [1.165, 1.54) is 16.8 Å². The summed E-state index contributed by atoms with van der Waals surface area (Å²) >= 11 is 0. The van der Waals surface area contributed by atoms with Crippen LogP contribution in [0.15, 0.2) is 29.3 Å². The van der Waals surface area contributed by atoms with E-state index in [0.717, 1.165) is 37.4 Å². The zero-order valence-corrected chi connectivity index (χ0v) is 18.2. The van der Waals surface area contributed by atoms with Crippen molar-refractivity contribution >= 4 is 17.3 Å². The topological polar surface area (TPSA) is 62.2 Å². The Bertz CT molecular complexity index is 869. The molecule has 1 aromatic carbocycles. The highest BCUT2D eigenvalue weighted by Gasteiger charge is 2.21. The summed E-state index contributed by atoms with van der Waals surface area (Å²) < 4.78 is 5.43. The van der Waals surface area contributed by atoms with Crippen LogP contribution in [0.5, 0.6) is 5.88 Å². The molecule has 0 spiro atoms. The lowest BCUT2D eigenvalue weighted by molar-refractivity contribution is 0.129. The lowest BCUT2D eigenvalue weighted by atomic mass is 10.1. The monoisotopic (exact) mass is 397 g/mol. The SMILES string of the molecule is CONC(=Nc1cc(C)c(C)nc1OC)N1CCN(c2cc(C)cc(C)c2)CC1. The molecule has 1 aliphatic heterocycles. The Morgan fingerprint density at radius 2 is 1.62 bits per heavy atom. The maximum Gasteiger partial charge on any atom is 0.240 e. The van der Waals surface area contributed by atoms with E-state index >= 15 is 0 Å². The van der Waals surface area contributed by atoms with Crippen LogP contribution >= 0.6 is 0 Å². The second-order valence-electron chi connectivity index (χ2n) is 7.48. The minimum absolute atomic E-state index is 0.511. The van der Waals surface area contributed by atoms with Gasteiger partial charge in [-0.05, 0) is 62.6 Å². The minimum atomic E-state index is 0.511. The number of guanidine groups is 1. The first-order valence-corrected chi connectivity index (χ1v) is 9.89. The van der Waals surface area contributed by atoms with Gasteiger partial charge >= 0.3 is 0 Å². The number of nitrogens with one attached hydrogen (secondary N) is 1. The molecule has 0 bridgehead atoms. The number of aliphatic imine (C=N–C) groups is 1. The van der Waals surface area contributed by atoms with Crippen LogP contribution in [0.2, 0.25) is 0 Å². The summed E-state index contributed by atoms with van der Waals surface area (Å²) in [4.78, 5) is 19.1. The van der Waals surface area contributed by atoms with E-state index < -0.39 is 0 Å². The molecule has 3 rings (SSSR count). The number of hydrogen-bond acceptors (Lipinski definition) is 5. The quantitative estimate of drug-likeness (QED) is 0.485. The highest BCUT2D eigenvalue weighted by Crippen LogP contribution is 2.28. The van der Waals surface area contributed by atoms with Gasteiger partial charge in [0.15, 0.2) is 0 Å². The van der Waals surface area contributed by atoms with Crippen LogP contribution in [-0.2, 0) is 4.84 Å². The number of anilines is 1. The van der Waals surface area contributed by atoms with Gasteiger partial charge in [-0.15, -0.1) is 0 Å². The highest BCUT2D eigenvalue weighted by atomic mass is 16.6. The normalized spacial score (nSPS) is 14.9. The van der Waals surface area contributed by atoms with E-state index in [2.05, 4.69) is 52.3 Å². The van der Waals surface area contributed by atoms with Crippen LogP contribution in [0.1, 0.15) is 22.4 Å². The molecule has 7 heteroatoms. The Morgan fingerprint density at radius 3 is 2.21 bits per heavy atom. The Morgan fingerprint density at radius 1 is 0.966 bits per heavy atom. The fraction of sp³-hybridized carbons (Fsp3) is 0.455. The van der Waals surface area contributed by atoms with Crippen molar-refractivity contribution in [3.8, 4) is 5.88 Å². The highest BCUT2D eigenvalue weighted by molar-refractivity contribution is 5.83. The third-order valence-corrected chi connectivity index (χ3v) is 5.18. The van der Waals surface area contributed by atoms with Gasteiger partial charge in [0.2, 0.25) is 11.8 Å². The molecular weight excluding hydrogens is 366 g/mol. The fourth-order valence-corrected chi connectivity index (χ4v) is 3.57. The maximum atomic E-state index is 5.43. The van der Waals surface area contributed by atoms with Gasteiger partial charge in [0, 0.05) is 37.6 Å². The van der Waals surface area contributed by atoms with Crippen molar-refractivity contribution < 1.29 is 9.57 Å². The number of rotatable bonds is 4. The predicted octanol–water partition coefficient (Wildman–Crippen LogP) is 3.28.